The number of hydrogen-bond donors (Lipinski definition) is 1. The van der Waals surface area contributed by atoms with Gasteiger partial charge in [-0.05, 0) is 41.5 Å². The lowest BCUT2D eigenvalue weighted by Crippen LogP contribution is -2.52. The molecule has 0 aliphatic carbocycles. The van der Waals surface area contributed by atoms with Crippen molar-refractivity contribution in [2.75, 3.05) is 13.2 Å². The minimum atomic E-state index is -4.77. The van der Waals surface area contributed by atoms with Crippen LogP contribution in [0, 0.1) is 0 Å². The zero-order valence-corrected chi connectivity index (χ0v) is 19.8. The van der Waals surface area contributed by atoms with Crippen LogP contribution < -0.4 is 10.6 Å². The zero-order chi connectivity index (χ0) is 22.7. The molecule has 2 fully saturated rings. The van der Waals surface area contributed by atoms with Gasteiger partial charge in [-0.25, -0.2) is 0 Å². The van der Waals surface area contributed by atoms with E-state index in [1.807, 2.05) is 41.5 Å². The zero-order valence-electron chi connectivity index (χ0n) is 18.9. The van der Waals surface area contributed by atoms with E-state index in [2.05, 4.69) is 6.58 Å². The minimum absolute atomic E-state index is 0.0437. The molecule has 2 heterocycles. The van der Waals surface area contributed by atoms with Gasteiger partial charge in [0.1, 0.15) is 23.6 Å². The Bertz CT molecular complexity index is 630. The summed E-state index contributed by atoms with van der Waals surface area (Å²) >= 11 is 0. The summed E-state index contributed by atoms with van der Waals surface area (Å²) in [5.41, 5.74) is 4.86. The maximum absolute atomic E-state index is 12.7. The van der Waals surface area contributed by atoms with Crippen molar-refractivity contribution >= 4 is 7.82 Å². The quantitative estimate of drug-likeness (QED) is 0.373. The van der Waals surface area contributed by atoms with Crippen LogP contribution in [0.15, 0.2) is 12.3 Å². The summed E-state index contributed by atoms with van der Waals surface area (Å²) in [5, 5.41) is 0. The fraction of sp³-hybridized carbons (Fsp3) is 0.900. The molecule has 7 atom stereocenters. The molecular formula is C20H37NO8P-. The van der Waals surface area contributed by atoms with Crippen LogP contribution in [0.2, 0.25) is 0 Å². The summed E-state index contributed by atoms with van der Waals surface area (Å²) in [6, 6.07) is 0. The monoisotopic (exact) mass is 450 g/mol. The highest BCUT2D eigenvalue weighted by molar-refractivity contribution is 7.46. The topological polar surface area (TPSA) is 122 Å². The Kier molecular flexibility index (Phi) is 8.93. The summed E-state index contributed by atoms with van der Waals surface area (Å²) in [6.45, 7) is 15.2. The predicted octanol–water partition coefficient (Wildman–Crippen LogP) is 2.27. The number of phosphoric ester groups is 1. The van der Waals surface area contributed by atoms with Crippen molar-refractivity contribution in [3.05, 3.63) is 12.3 Å². The van der Waals surface area contributed by atoms with E-state index in [1.54, 1.807) is 0 Å². The van der Waals surface area contributed by atoms with Gasteiger partial charge >= 0.3 is 7.82 Å². The lowest BCUT2D eigenvalue weighted by atomic mass is 9.97. The molecule has 0 amide bonds. The van der Waals surface area contributed by atoms with Crippen LogP contribution in [-0.4, -0.2) is 61.5 Å². The van der Waals surface area contributed by atoms with Gasteiger partial charge in [0.25, 0.3) is 0 Å². The first-order valence-electron chi connectivity index (χ1n) is 10.6. The highest BCUT2D eigenvalue weighted by Crippen LogP contribution is 2.49. The summed E-state index contributed by atoms with van der Waals surface area (Å²) in [4.78, 5) is 12.7. The second-order valence-corrected chi connectivity index (χ2v) is 10.0. The van der Waals surface area contributed by atoms with Crippen LogP contribution in [0.4, 0.5) is 0 Å². The Labute approximate surface area is 179 Å². The molecule has 0 spiro atoms. The lowest BCUT2D eigenvalue weighted by molar-refractivity contribution is -0.234. The number of ether oxygens (including phenoxy) is 4. The third kappa shape index (κ3) is 6.74. The van der Waals surface area contributed by atoms with E-state index in [0.717, 1.165) is 0 Å². The van der Waals surface area contributed by atoms with Crippen molar-refractivity contribution in [2.24, 2.45) is 5.73 Å². The molecule has 2 saturated heterocycles. The van der Waals surface area contributed by atoms with Crippen LogP contribution in [0.3, 0.4) is 0 Å². The van der Waals surface area contributed by atoms with Gasteiger partial charge in [0.2, 0.25) is 0 Å². The van der Waals surface area contributed by atoms with E-state index in [0.29, 0.717) is 12.8 Å². The Morgan fingerprint density at radius 1 is 1.23 bits per heavy atom. The molecule has 0 aromatic rings. The van der Waals surface area contributed by atoms with Gasteiger partial charge in [-0.2, -0.15) is 0 Å². The van der Waals surface area contributed by atoms with E-state index in [1.165, 1.54) is 0 Å². The number of rotatable bonds is 11. The number of phosphoric acid groups is 1. The molecule has 0 radical (unpaired) electrons. The average Bonchev–Trinajstić information content (AvgIpc) is 3.11. The highest BCUT2D eigenvalue weighted by Gasteiger charge is 2.50. The average molecular weight is 450 g/mol. The standard InChI is InChI=1S/C20H38NO8P/c1-12(2)24-11-20(10-21)18(9-15(6)27-20)29-30(22,23)28-16(7)19-17(25-13(3)4)8-14(5)26-19/h12-15,17-19H,7-11,21H2,1-6H3,(H,22,23)/p-1/t14-,15-,17?,18?,19+,20+/m0/s1. The Balaban J connectivity index is 2.07. The molecule has 0 aromatic heterocycles. The predicted molar refractivity (Wildman–Crippen MR) is 110 cm³/mol. The fourth-order valence-corrected chi connectivity index (χ4v) is 4.85. The molecule has 2 aliphatic heterocycles. The van der Waals surface area contributed by atoms with Crippen molar-refractivity contribution in [1.29, 1.82) is 0 Å². The SMILES string of the molecule is C=C(OP(=O)([O-])OC1C[C@H](C)O[C@]1(CN)COC(C)C)[C@H]1O[C@@H](C)CC1OC(C)C. The summed E-state index contributed by atoms with van der Waals surface area (Å²) in [6.07, 6.45) is -1.36. The van der Waals surface area contributed by atoms with Crippen molar-refractivity contribution in [3.8, 4) is 0 Å². The molecule has 0 aromatic carbocycles. The third-order valence-corrected chi connectivity index (χ3v) is 6.08. The first-order valence-corrected chi connectivity index (χ1v) is 12.0. The van der Waals surface area contributed by atoms with Crippen LogP contribution in [0.1, 0.15) is 54.4 Å². The normalized spacial score (nSPS) is 36.4. The molecule has 2 N–H and O–H groups in total. The van der Waals surface area contributed by atoms with Crippen molar-refractivity contribution in [3.63, 3.8) is 0 Å². The van der Waals surface area contributed by atoms with Crippen LogP contribution in [0.5, 0.6) is 0 Å². The summed E-state index contributed by atoms with van der Waals surface area (Å²) in [5.74, 6) is -0.0629. The first kappa shape index (κ1) is 25.7. The van der Waals surface area contributed by atoms with Gasteiger partial charge < -0.3 is 38.6 Å². The van der Waals surface area contributed by atoms with Crippen molar-refractivity contribution in [1.82, 2.24) is 0 Å². The maximum Gasteiger partial charge on any atom is 0.319 e. The molecule has 10 heteroatoms. The highest BCUT2D eigenvalue weighted by atomic mass is 31.2. The fourth-order valence-electron chi connectivity index (χ4n) is 3.83. The van der Waals surface area contributed by atoms with E-state index in [9.17, 15) is 9.46 Å². The van der Waals surface area contributed by atoms with Gasteiger partial charge in [-0.15, -0.1) is 0 Å². The van der Waals surface area contributed by atoms with E-state index >= 15 is 0 Å². The Morgan fingerprint density at radius 2 is 1.90 bits per heavy atom. The third-order valence-electron chi connectivity index (χ3n) is 5.11. The van der Waals surface area contributed by atoms with Crippen LogP contribution in [0.25, 0.3) is 0 Å². The van der Waals surface area contributed by atoms with E-state index in [4.69, 9.17) is 33.7 Å². The minimum Gasteiger partial charge on any atom is -0.746 e. The van der Waals surface area contributed by atoms with Gasteiger partial charge in [0.15, 0.2) is 0 Å². The summed E-state index contributed by atoms with van der Waals surface area (Å²) in [7, 11) is -4.77. The second kappa shape index (κ2) is 10.4. The smallest absolute Gasteiger partial charge is 0.319 e. The second-order valence-electron chi connectivity index (χ2n) is 8.72. The van der Waals surface area contributed by atoms with Gasteiger partial charge in [-0.1, -0.05) is 6.58 Å². The molecule has 30 heavy (non-hydrogen) atoms. The van der Waals surface area contributed by atoms with E-state index < -0.39 is 25.6 Å². The molecule has 2 aliphatic rings. The molecule has 3 unspecified atom stereocenters. The van der Waals surface area contributed by atoms with Crippen molar-refractivity contribution < 1.29 is 37.5 Å². The Hall–Kier alpha value is -0.510. The summed E-state index contributed by atoms with van der Waals surface area (Å²) < 4.78 is 46.5. The van der Waals surface area contributed by atoms with Crippen LogP contribution in [-0.2, 0) is 32.6 Å². The van der Waals surface area contributed by atoms with Crippen molar-refractivity contribution in [2.45, 2.75) is 103 Å². The molecule has 176 valence electrons. The molecule has 0 saturated carbocycles. The van der Waals surface area contributed by atoms with Crippen LogP contribution >= 0.6 is 7.82 Å². The lowest BCUT2D eigenvalue weighted by Gasteiger charge is -2.37. The Morgan fingerprint density at radius 3 is 2.47 bits per heavy atom. The van der Waals surface area contributed by atoms with E-state index in [-0.39, 0.29) is 49.4 Å². The van der Waals surface area contributed by atoms with Gasteiger partial charge in [0, 0.05) is 19.4 Å². The molecule has 0 bridgehead atoms. The largest absolute Gasteiger partial charge is 0.746 e. The first-order chi connectivity index (χ1) is 13.9. The number of nitrogens with two attached hydrogens (primary N) is 1. The molecule has 9 nitrogen and oxygen atoms in total. The maximum atomic E-state index is 12.7. The molecular weight excluding hydrogens is 413 g/mol. The molecule has 2 rings (SSSR count). The van der Waals surface area contributed by atoms with Gasteiger partial charge in [0.05, 0.1) is 37.1 Å². The van der Waals surface area contributed by atoms with Gasteiger partial charge in [-0.3, -0.25) is 4.57 Å². The number of hydrogen-bond acceptors (Lipinski definition) is 9.